The Hall–Kier alpha value is -2.87. The van der Waals surface area contributed by atoms with E-state index in [0.717, 1.165) is 12.6 Å². The maximum absolute atomic E-state index is 13.9. The number of benzene rings is 1. The predicted molar refractivity (Wildman–Crippen MR) is 108 cm³/mol. The van der Waals surface area contributed by atoms with Crippen LogP contribution in [0.2, 0.25) is 0 Å². The Bertz CT molecular complexity index is 825. The number of hydrogen-bond acceptors (Lipinski definition) is 3. The number of aromatic nitrogens is 1. The minimum Gasteiger partial charge on any atom is -0.369 e. The van der Waals surface area contributed by atoms with Crippen molar-refractivity contribution < 1.29 is 9.18 Å². The Morgan fingerprint density at radius 2 is 2.00 bits per heavy atom. The molecule has 0 aliphatic rings. The van der Waals surface area contributed by atoms with Crippen LogP contribution in [-0.4, -0.2) is 23.0 Å². The molecule has 1 amide bonds. The molecule has 0 fully saturated rings. The van der Waals surface area contributed by atoms with E-state index in [1.165, 1.54) is 11.0 Å². The highest BCUT2D eigenvalue weighted by Gasteiger charge is 2.33. The summed E-state index contributed by atoms with van der Waals surface area (Å²) in [6, 6.07) is 10.3. The lowest BCUT2D eigenvalue weighted by atomic mass is 10.0. The van der Waals surface area contributed by atoms with Crippen molar-refractivity contribution >= 4 is 17.4 Å². The van der Waals surface area contributed by atoms with Crippen molar-refractivity contribution in [3.8, 4) is 12.3 Å². The first-order chi connectivity index (χ1) is 12.8. The molecule has 0 aliphatic heterocycles. The number of rotatable bonds is 7. The van der Waals surface area contributed by atoms with E-state index in [9.17, 15) is 9.18 Å². The lowest BCUT2D eigenvalue weighted by Crippen LogP contribution is -2.47. The molecular formula is C22H26FN3O. The minimum atomic E-state index is -0.903. The van der Waals surface area contributed by atoms with Gasteiger partial charge in [-0.1, -0.05) is 38.0 Å². The SMILES string of the molecule is C#CC(C)(C)N(C(=O)c1cc(F)cnc1NCCC(C)C)c1ccccc1. The maximum Gasteiger partial charge on any atom is 0.263 e. The molecule has 27 heavy (non-hydrogen) atoms. The van der Waals surface area contributed by atoms with Gasteiger partial charge in [0.1, 0.15) is 17.2 Å². The van der Waals surface area contributed by atoms with Gasteiger partial charge in [0.05, 0.1) is 11.8 Å². The van der Waals surface area contributed by atoms with E-state index in [1.807, 2.05) is 18.2 Å². The molecule has 0 radical (unpaired) electrons. The maximum atomic E-state index is 13.9. The average molecular weight is 367 g/mol. The number of terminal acetylenes is 1. The van der Waals surface area contributed by atoms with Gasteiger partial charge in [-0.3, -0.25) is 9.69 Å². The van der Waals surface area contributed by atoms with Gasteiger partial charge < -0.3 is 5.32 Å². The van der Waals surface area contributed by atoms with Gasteiger partial charge in [-0.15, -0.1) is 6.42 Å². The number of anilines is 2. The molecule has 1 aromatic heterocycles. The van der Waals surface area contributed by atoms with E-state index in [4.69, 9.17) is 6.42 Å². The molecule has 0 aliphatic carbocycles. The van der Waals surface area contributed by atoms with Crippen LogP contribution in [0.25, 0.3) is 0 Å². The Kier molecular flexibility index (Phi) is 6.57. The van der Waals surface area contributed by atoms with Crippen molar-refractivity contribution in [2.24, 2.45) is 5.92 Å². The summed E-state index contributed by atoms with van der Waals surface area (Å²) in [7, 11) is 0. The number of nitrogens with zero attached hydrogens (tertiary/aromatic N) is 2. The van der Waals surface area contributed by atoms with E-state index in [1.54, 1.807) is 26.0 Å². The molecule has 0 atom stereocenters. The molecule has 5 heteroatoms. The fourth-order valence-electron chi connectivity index (χ4n) is 2.68. The summed E-state index contributed by atoms with van der Waals surface area (Å²) in [5, 5.41) is 3.15. The van der Waals surface area contributed by atoms with Crippen LogP contribution in [0.1, 0.15) is 44.5 Å². The number of pyridine rings is 1. The summed E-state index contributed by atoms with van der Waals surface area (Å²) >= 11 is 0. The zero-order valence-electron chi connectivity index (χ0n) is 16.3. The normalized spacial score (nSPS) is 11.1. The van der Waals surface area contributed by atoms with Crippen molar-refractivity contribution in [2.75, 3.05) is 16.8 Å². The minimum absolute atomic E-state index is 0.158. The fourth-order valence-corrected chi connectivity index (χ4v) is 2.68. The highest BCUT2D eigenvalue weighted by Crippen LogP contribution is 2.28. The molecule has 1 aromatic carbocycles. The van der Waals surface area contributed by atoms with E-state index in [2.05, 4.69) is 30.1 Å². The summed E-state index contributed by atoms with van der Waals surface area (Å²) < 4.78 is 13.9. The van der Waals surface area contributed by atoms with Crippen LogP contribution in [0.4, 0.5) is 15.9 Å². The van der Waals surface area contributed by atoms with Crippen LogP contribution < -0.4 is 10.2 Å². The number of para-hydroxylation sites is 1. The van der Waals surface area contributed by atoms with Gasteiger partial charge in [0, 0.05) is 12.2 Å². The van der Waals surface area contributed by atoms with Crippen molar-refractivity contribution in [2.45, 2.75) is 39.7 Å². The van der Waals surface area contributed by atoms with E-state index in [-0.39, 0.29) is 5.56 Å². The molecule has 4 nitrogen and oxygen atoms in total. The molecule has 0 saturated carbocycles. The van der Waals surface area contributed by atoms with Crippen LogP contribution in [0.5, 0.6) is 0 Å². The monoisotopic (exact) mass is 367 g/mol. The smallest absolute Gasteiger partial charge is 0.263 e. The van der Waals surface area contributed by atoms with Gasteiger partial charge in [0.15, 0.2) is 0 Å². The highest BCUT2D eigenvalue weighted by molar-refractivity contribution is 6.10. The molecule has 0 saturated heterocycles. The number of nitrogens with one attached hydrogen (secondary N) is 1. The van der Waals surface area contributed by atoms with E-state index >= 15 is 0 Å². The van der Waals surface area contributed by atoms with Gasteiger partial charge in [-0.05, 0) is 44.4 Å². The number of carbonyl (C=O) groups excluding carboxylic acids is 1. The lowest BCUT2D eigenvalue weighted by Gasteiger charge is -2.35. The summed E-state index contributed by atoms with van der Waals surface area (Å²) in [5.41, 5.74) is -0.103. The quantitative estimate of drug-likeness (QED) is 0.719. The van der Waals surface area contributed by atoms with Crippen LogP contribution in [-0.2, 0) is 0 Å². The second-order valence-electron chi connectivity index (χ2n) is 7.34. The Morgan fingerprint density at radius 1 is 1.33 bits per heavy atom. The third kappa shape index (κ3) is 5.07. The summed E-state index contributed by atoms with van der Waals surface area (Å²) in [4.78, 5) is 19.0. The first-order valence-corrected chi connectivity index (χ1v) is 9.03. The van der Waals surface area contributed by atoms with E-state index < -0.39 is 17.3 Å². The number of carbonyl (C=O) groups is 1. The third-order valence-electron chi connectivity index (χ3n) is 4.23. The Labute approximate surface area is 160 Å². The molecule has 1 N–H and O–H groups in total. The van der Waals surface area contributed by atoms with E-state index in [0.29, 0.717) is 24.0 Å². The van der Waals surface area contributed by atoms with Crippen LogP contribution >= 0.6 is 0 Å². The second kappa shape index (κ2) is 8.68. The Balaban J connectivity index is 2.46. The highest BCUT2D eigenvalue weighted by atomic mass is 19.1. The predicted octanol–water partition coefficient (Wildman–Crippen LogP) is 4.74. The number of halogens is 1. The van der Waals surface area contributed by atoms with Crippen LogP contribution in [0.3, 0.4) is 0 Å². The van der Waals surface area contributed by atoms with Crippen molar-refractivity contribution in [3.05, 3.63) is 54.0 Å². The fraction of sp³-hybridized carbons (Fsp3) is 0.364. The zero-order chi connectivity index (χ0) is 20.0. The summed E-state index contributed by atoms with van der Waals surface area (Å²) in [6.07, 6.45) is 7.71. The van der Waals surface area contributed by atoms with Crippen LogP contribution in [0.15, 0.2) is 42.6 Å². The molecule has 142 valence electrons. The van der Waals surface area contributed by atoms with Gasteiger partial charge in [-0.25, -0.2) is 9.37 Å². The van der Waals surface area contributed by atoms with Crippen molar-refractivity contribution in [3.63, 3.8) is 0 Å². The first kappa shape index (κ1) is 20.4. The molecule has 0 spiro atoms. The average Bonchev–Trinajstić information content (AvgIpc) is 2.63. The molecule has 0 unspecified atom stereocenters. The molecule has 0 bridgehead atoms. The topological polar surface area (TPSA) is 45.2 Å². The van der Waals surface area contributed by atoms with Gasteiger partial charge in [-0.2, -0.15) is 0 Å². The molecule has 2 rings (SSSR count). The number of amides is 1. The molecular weight excluding hydrogens is 341 g/mol. The second-order valence-corrected chi connectivity index (χ2v) is 7.34. The van der Waals surface area contributed by atoms with Crippen molar-refractivity contribution in [1.29, 1.82) is 0 Å². The Morgan fingerprint density at radius 3 is 2.59 bits per heavy atom. The largest absolute Gasteiger partial charge is 0.369 e. The summed E-state index contributed by atoms with van der Waals surface area (Å²) in [6.45, 7) is 8.41. The van der Waals surface area contributed by atoms with Crippen LogP contribution in [0, 0.1) is 24.1 Å². The molecule has 1 heterocycles. The first-order valence-electron chi connectivity index (χ1n) is 9.03. The standard InChI is InChI=1S/C22H26FN3O/c1-6-22(4,5)26(18-10-8-7-9-11-18)21(27)19-14-17(23)15-25-20(19)24-13-12-16(2)3/h1,7-11,14-16H,12-13H2,2-5H3,(H,24,25). The third-order valence-corrected chi connectivity index (χ3v) is 4.23. The van der Waals surface area contributed by atoms with Crippen molar-refractivity contribution in [1.82, 2.24) is 4.98 Å². The molecule has 2 aromatic rings. The number of hydrogen-bond donors (Lipinski definition) is 1. The van der Waals surface area contributed by atoms with Gasteiger partial charge >= 0.3 is 0 Å². The zero-order valence-corrected chi connectivity index (χ0v) is 16.3. The summed E-state index contributed by atoms with van der Waals surface area (Å²) in [5.74, 6) is 2.54. The van der Waals surface area contributed by atoms with Gasteiger partial charge in [0.2, 0.25) is 0 Å². The lowest BCUT2D eigenvalue weighted by molar-refractivity contribution is 0.0972. The van der Waals surface area contributed by atoms with Gasteiger partial charge in [0.25, 0.3) is 5.91 Å².